The first-order chi connectivity index (χ1) is 13.2. The second-order valence-electron chi connectivity index (χ2n) is 5.98. The number of rotatable bonds is 13. The van der Waals surface area contributed by atoms with Crippen LogP contribution in [-0.4, -0.2) is 53.6 Å². The predicted molar refractivity (Wildman–Crippen MR) is 125 cm³/mol. The molecule has 0 heterocycles. The minimum Gasteiger partial charge on any atom is -0.493 e. The molecule has 0 aliphatic heterocycles. The molecule has 0 radical (unpaired) electrons. The number of benzene rings is 1. The van der Waals surface area contributed by atoms with Gasteiger partial charge in [0.2, 0.25) is 5.75 Å². The van der Waals surface area contributed by atoms with E-state index in [1.54, 1.807) is 21.3 Å². The molecule has 0 bridgehead atoms. The summed E-state index contributed by atoms with van der Waals surface area (Å²) in [5.74, 6) is 2.62. The summed E-state index contributed by atoms with van der Waals surface area (Å²) in [6.45, 7) is 7.92. The molecular weight excluding hydrogens is 473 g/mol. The Kier molecular flexibility index (Phi) is 15.7. The van der Waals surface area contributed by atoms with Crippen molar-refractivity contribution in [1.82, 2.24) is 10.6 Å². The molecule has 0 saturated carbocycles. The van der Waals surface area contributed by atoms with Crippen LogP contribution in [0.15, 0.2) is 17.1 Å². The molecule has 0 saturated heterocycles. The van der Waals surface area contributed by atoms with E-state index in [9.17, 15) is 0 Å². The molecule has 2 N–H and O–H groups in total. The summed E-state index contributed by atoms with van der Waals surface area (Å²) in [5, 5.41) is 6.59. The Morgan fingerprint density at radius 3 is 2.11 bits per heavy atom. The Morgan fingerprint density at radius 1 is 0.929 bits per heavy atom. The molecule has 1 rings (SSSR count). The van der Waals surface area contributed by atoms with Crippen molar-refractivity contribution in [3.8, 4) is 17.2 Å². The SMILES string of the molecule is CCCCOCCCNC(=NCc1cc(OC)c(OC)c(OC)c1)NCC.I. The molecule has 0 fully saturated rings. The summed E-state index contributed by atoms with van der Waals surface area (Å²) in [5.41, 5.74) is 0.976. The Bertz CT molecular complexity index is 545. The highest BCUT2D eigenvalue weighted by atomic mass is 127. The van der Waals surface area contributed by atoms with Gasteiger partial charge >= 0.3 is 0 Å². The number of unbranched alkanes of at least 4 members (excludes halogenated alkanes) is 1. The maximum absolute atomic E-state index is 5.58. The van der Waals surface area contributed by atoms with Gasteiger partial charge < -0.3 is 29.6 Å². The molecule has 0 aliphatic carbocycles. The molecule has 28 heavy (non-hydrogen) atoms. The Hall–Kier alpha value is -1.42. The van der Waals surface area contributed by atoms with Crippen molar-refractivity contribution in [2.45, 2.75) is 39.7 Å². The molecular formula is C20H36IN3O4. The molecule has 0 atom stereocenters. The van der Waals surface area contributed by atoms with Gasteiger partial charge in [-0.05, 0) is 37.5 Å². The highest BCUT2D eigenvalue weighted by Crippen LogP contribution is 2.38. The molecule has 0 aliphatic rings. The second kappa shape index (κ2) is 16.5. The average molecular weight is 509 g/mol. The van der Waals surface area contributed by atoms with Crippen molar-refractivity contribution >= 4 is 29.9 Å². The van der Waals surface area contributed by atoms with E-state index in [-0.39, 0.29) is 24.0 Å². The van der Waals surface area contributed by atoms with Gasteiger partial charge in [-0.25, -0.2) is 4.99 Å². The van der Waals surface area contributed by atoms with Crippen LogP contribution in [-0.2, 0) is 11.3 Å². The predicted octanol–water partition coefficient (Wildman–Crippen LogP) is 3.59. The summed E-state index contributed by atoms with van der Waals surface area (Å²) < 4.78 is 21.7. The summed E-state index contributed by atoms with van der Waals surface area (Å²) in [6.07, 6.45) is 3.22. The van der Waals surface area contributed by atoms with E-state index in [4.69, 9.17) is 18.9 Å². The molecule has 1 aromatic rings. The van der Waals surface area contributed by atoms with Crippen LogP contribution in [0.4, 0.5) is 0 Å². The van der Waals surface area contributed by atoms with Gasteiger partial charge in [-0.1, -0.05) is 13.3 Å². The Labute approximate surface area is 186 Å². The third-order valence-corrected chi connectivity index (χ3v) is 3.89. The first-order valence-electron chi connectivity index (χ1n) is 9.58. The third kappa shape index (κ3) is 9.68. The van der Waals surface area contributed by atoms with E-state index in [2.05, 4.69) is 22.5 Å². The highest BCUT2D eigenvalue weighted by molar-refractivity contribution is 14.0. The maximum Gasteiger partial charge on any atom is 0.203 e. The molecule has 1 aromatic carbocycles. The van der Waals surface area contributed by atoms with E-state index < -0.39 is 0 Å². The lowest BCUT2D eigenvalue weighted by Crippen LogP contribution is -2.38. The van der Waals surface area contributed by atoms with Crippen LogP contribution in [0.25, 0.3) is 0 Å². The summed E-state index contributed by atoms with van der Waals surface area (Å²) in [6, 6.07) is 3.83. The number of hydrogen-bond acceptors (Lipinski definition) is 5. The normalized spacial score (nSPS) is 10.8. The number of halogens is 1. The van der Waals surface area contributed by atoms with Gasteiger partial charge in [0.15, 0.2) is 17.5 Å². The van der Waals surface area contributed by atoms with Gasteiger partial charge in [0.1, 0.15) is 0 Å². The first kappa shape index (κ1) is 26.6. The fraction of sp³-hybridized carbons (Fsp3) is 0.650. The van der Waals surface area contributed by atoms with Crippen LogP contribution in [0.3, 0.4) is 0 Å². The molecule has 0 unspecified atom stereocenters. The number of ether oxygens (including phenoxy) is 4. The monoisotopic (exact) mass is 509 g/mol. The number of nitrogens with one attached hydrogen (secondary N) is 2. The number of aliphatic imine (C=N–C) groups is 1. The summed E-state index contributed by atoms with van der Waals surface area (Å²) in [4.78, 5) is 4.64. The van der Waals surface area contributed by atoms with E-state index in [0.717, 1.165) is 57.1 Å². The zero-order chi connectivity index (χ0) is 19.9. The lowest BCUT2D eigenvalue weighted by Gasteiger charge is -2.14. The zero-order valence-electron chi connectivity index (χ0n) is 17.8. The number of nitrogens with zero attached hydrogens (tertiary/aromatic N) is 1. The summed E-state index contributed by atoms with van der Waals surface area (Å²) >= 11 is 0. The first-order valence-corrected chi connectivity index (χ1v) is 9.58. The zero-order valence-corrected chi connectivity index (χ0v) is 20.1. The molecule has 0 aromatic heterocycles. The molecule has 0 amide bonds. The lowest BCUT2D eigenvalue weighted by atomic mass is 10.2. The number of guanidine groups is 1. The van der Waals surface area contributed by atoms with Crippen molar-refractivity contribution in [2.75, 3.05) is 47.6 Å². The van der Waals surface area contributed by atoms with Crippen molar-refractivity contribution in [3.05, 3.63) is 17.7 Å². The minimum atomic E-state index is 0. The van der Waals surface area contributed by atoms with Crippen LogP contribution < -0.4 is 24.8 Å². The van der Waals surface area contributed by atoms with Gasteiger partial charge in [0.25, 0.3) is 0 Å². The molecule has 0 spiro atoms. The average Bonchev–Trinajstić information content (AvgIpc) is 2.70. The van der Waals surface area contributed by atoms with Gasteiger partial charge in [-0.2, -0.15) is 0 Å². The van der Waals surface area contributed by atoms with Crippen molar-refractivity contribution in [3.63, 3.8) is 0 Å². The topological polar surface area (TPSA) is 73.3 Å². The number of methoxy groups -OCH3 is 3. The smallest absolute Gasteiger partial charge is 0.203 e. The lowest BCUT2D eigenvalue weighted by molar-refractivity contribution is 0.129. The van der Waals surface area contributed by atoms with Crippen LogP contribution >= 0.6 is 24.0 Å². The highest BCUT2D eigenvalue weighted by Gasteiger charge is 2.13. The second-order valence-corrected chi connectivity index (χ2v) is 5.98. The molecule has 162 valence electrons. The van der Waals surface area contributed by atoms with Crippen molar-refractivity contribution in [1.29, 1.82) is 0 Å². The number of hydrogen-bond donors (Lipinski definition) is 2. The Morgan fingerprint density at radius 2 is 1.57 bits per heavy atom. The van der Waals surface area contributed by atoms with Crippen LogP contribution in [0, 0.1) is 0 Å². The molecule has 8 heteroatoms. The minimum absolute atomic E-state index is 0. The molecule has 7 nitrogen and oxygen atoms in total. The fourth-order valence-electron chi connectivity index (χ4n) is 2.47. The van der Waals surface area contributed by atoms with E-state index in [0.29, 0.717) is 23.8 Å². The van der Waals surface area contributed by atoms with Gasteiger partial charge in [-0.3, -0.25) is 0 Å². The third-order valence-electron chi connectivity index (χ3n) is 3.89. The van der Waals surface area contributed by atoms with Crippen molar-refractivity contribution in [2.24, 2.45) is 4.99 Å². The van der Waals surface area contributed by atoms with Crippen molar-refractivity contribution < 1.29 is 18.9 Å². The maximum atomic E-state index is 5.58. The van der Waals surface area contributed by atoms with Gasteiger partial charge in [0, 0.05) is 26.3 Å². The van der Waals surface area contributed by atoms with E-state index in [1.165, 1.54) is 0 Å². The summed E-state index contributed by atoms with van der Waals surface area (Å²) in [7, 11) is 4.81. The largest absolute Gasteiger partial charge is 0.493 e. The van der Waals surface area contributed by atoms with Gasteiger partial charge in [-0.15, -0.1) is 24.0 Å². The quantitative estimate of drug-likeness (QED) is 0.183. The standard InChI is InChI=1S/C20H35N3O4.HI/c1-6-8-11-27-12-9-10-22-20(21-7-2)23-15-16-13-17(24-3)19(26-5)18(14-16)25-4;/h13-14H,6-12,15H2,1-5H3,(H2,21,22,23);1H. The van der Waals surface area contributed by atoms with Crippen LogP contribution in [0.5, 0.6) is 17.2 Å². The van der Waals surface area contributed by atoms with E-state index >= 15 is 0 Å². The van der Waals surface area contributed by atoms with E-state index in [1.807, 2.05) is 19.1 Å². The van der Waals surface area contributed by atoms with Gasteiger partial charge in [0.05, 0.1) is 27.9 Å². The fourth-order valence-corrected chi connectivity index (χ4v) is 2.47. The Balaban J connectivity index is 0.00000729. The van der Waals surface area contributed by atoms with Crippen LogP contribution in [0.1, 0.15) is 38.7 Å². The van der Waals surface area contributed by atoms with Crippen LogP contribution in [0.2, 0.25) is 0 Å².